The van der Waals surface area contributed by atoms with Crippen molar-refractivity contribution in [2.24, 2.45) is 0 Å². The van der Waals surface area contributed by atoms with E-state index in [9.17, 15) is 0 Å². The summed E-state index contributed by atoms with van der Waals surface area (Å²) in [7, 11) is 0. The predicted molar refractivity (Wildman–Crippen MR) is 120 cm³/mol. The number of rotatable bonds is 4. The van der Waals surface area contributed by atoms with Gasteiger partial charge in [-0.2, -0.15) is 10.2 Å². The maximum absolute atomic E-state index is 6.92. The maximum atomic E-state index is 6.92. The van der Waals surface area contributed by atoms with Crippen LogP contribution in [0.25, 0.3) is 22.5 Å². The van der Waals surface area contributed by atoms with Crippen molar-refractivity contribution in [2.75, 3.05) is 0 Å². The number of benzene rings is 2. The molecule has 4 rings (SSSR count). The topological polar surface area (TPSA) is 35.6 Å². The highest BCUT2D eigenvalue weighted by atomic mass is 35.5. The SMILES string of the molecule is Cc1ccc(-c2nn(Cn3cc(Cl)cn3)c(-c3ccc(C)c(C)c3)c2Cl)cc1C. The lowest BCUT2D eigenvalue weighted by Crippen LogP contribution is -2.11. The van der Waals surface area contributed by atoms with Gasteiger partial charge < -0.3 is 0 Å². The number of hydrogen-bond acceptors (Lipinski definition) is 2. The smallest absolute Gasteiger partial charge is 0.133 e. The van der Waals surface area contributed by atoms with Crippen molar-refractivity contribution in [1.82, 2.24) is 19.6 Å². The molecule has 0 aliphatic carbocycles. The molecule has 4 aromatic rings. The summed E-state index contributed by atoms with van der Waals surface area (Å²) >= 11 is 13.0. The van der Waals surface area contributed by atoms with Gasteiger partial charge in [0, 0.05) is 17.3 Å². The molecule has 6 heteroatoms. The van der Waals surface area contributed by atoms with Gasteiger partial charge in [0.15, 0.2) is 0 Å². The number of aromatic nitrogens is 4. The highest BCUT2D eigenvalue weighted by Crippen LogP contribution is 2.37. The van der Waals surface area contributed by atoms with E-state index in [0.29, 0.717) is 16.7 Å². The lowest BCUT2D eigenvalue weighted by atomic mass is 10.0. The summed E-state index contributed by atoms with van der Waals surface area (Å²) in [5.41, 5.74) is 8.56. The Bertz CT molecular complexity index is 1200. The van der Waals surface area contributed by atoms with Crippen molar-refractivity contribution in [1.29, 1.82) is 0 Å². The predicted octanol–water partition coefficient (Wildman–Crippen LogP) is 6.46. The van der Waals surface area contributed by atoms with Gasteiger partial charge in [-0.1, -0.05) is 47.5 Å². The van der Waals surface area contributed by atoms with Crippen LogP contribution >= 0.6 is 23.2 Å². The Balaban J connectivity index is 1.89. The number of aryl methyl sites for hydroxylation is 4. The fourth-order valence-corrected chi connectivity index (χ4v) is 3.84. The van der Waals surface area contributed by atoms with Crippen LogP contribution < -0.4 is 0 Å². The fourth-order valence-electron chi connectivity index (χ4n) is 3.33. The Morgan fingerprint density at radius 2 is 1.45 bits per heavy atom. The molecular weight excluding hydrogens is 403 g/mol. The van der Waals surface area contributed by atoms with Gasteiger partial charge in [-0.3, -0.25) is 0 Å². The second kappa shape index (κ2) is 7.69. The van der Waals surface area contributed by atoms with Gasteiger partial charge in [-0.15, -0.1) is 0 Å². The van der Waals surface area contributed by atoms with Gasteiger partial charge in [0.25, 0.3) is 0 Å². The van der Waals surface area contributed by atoms with E-state index >= 15 is 0 Å². The minimum atomic E-state index is 0.416. The van der Waals surface area contributed by atoms with Crippen LogP contribution in [0.1, 0.15) is 22.3 Å². The molecule has 2 aromatic heterocycles. The molecule has 2 heterocycles. The molecule has 2 aromatic carbocycles. The van der Waals surface area contributed by atoms with Crippen LogP contribution in [0.2, 0.25) is 10.0 Å². The number of halogens is 2. The molecule has 148 valence electrons. The minimum Gasteiger partial charge on any atom is -0.250 e. The molecule has 0 saturated carbocycles. The first-order valence-electron chi connectivity index (χ1n) is 9.43. The van der Waals surface area contributed by atoms with Gasteiger partial charge in [-0.25, -0.2) is 9.36 Å². The van der Waals surface area contributed by atoms with Crippen molar-refractivity contribution >= 4 is 23.2 Å². The van der Waals surface area contributed by atoms with Gasteiger partial charge >= 0.3 is 0 Å². The van der Waals surface area contributed by atoms with Crippen molar-refractivity contribution in [2.45, 2.75) is 34.4 Å². The molecular formula is C23H22Cl2N4. The molecule has 0 fully saturated rings. The Labute approximate surface area is 180 Å². The third kappa shape index (κ3) is 3.83. The fraction of sp³-hybridized carbons (Fsp3) is 0.217. The van der Waals surface area contributed by atoms with E-state index in [1.165, 1.54) is 22.3 Å². The lowest BCUT2D eigenvalue weighted by molar-refractivity contribution is 0.508. The highest BCUT2D eigenvalue weighted by molar-refractivity contribution is 6.35. The van der Waals surface area contributed by atoms with Crippen LogP contribution in [-0.4, -0.2) is 19.6 Å². The molecule has 4 nitrogen and oxygen atoms in total. The normalized spacial score (nSPS) is 11.2. The average Bonchev–Trinajstić information content (AvgIpc) is 3.23. The third-order valence-corrected chi connectivity index (χ3v) is 5.89. The molecule has 0 aliphatic rings. The summed E-state index contributed by atoms with van der Waals surface area (Å²) in [6.07, 6.45) is 3.39. The molecule has 0 N–H and O–H groups in total. The van der Waals surface area contributed by atoms with Crippen LogP contribution in [0.4, 0.5) is 0 Å². The first-order chi connectivity index (χ1) is 13.8. The van der Waals surface area contributed by atoms with E-state index in [1.807, 2.05) is 4.68 Å². The van der Waals surface area contributed by atoms with Gasteiger partial charge in [-0.05, 0) is 62.1 Å². The second-order valence-corrected chi connectivity index (χ2v) is 8.26. The number of hydrogen-bond donors (Lipinski definition) is 0. The monoisotopic (exact) mass is 424 g/mol. The molecule has 0 unspecified atom stereocenters. The quantitative estimate of drug-likeness (QED) is 0.376. The molecule has 0 spiro atoms. The van der Waals surface area contributed by atoms with E-state index in [0.717, 1.165) is 22.5 Å². The zero-order chi connectivity index (χ0) is 20.7. The lowest BCUT2D eigenvalue weighted by Gasteiger charge is -2.10. The zero-order valence-electron chi connectivity index (χ0n) is 16.9. The molecule has 0 aliphatic heterocycles. The summed E-state index contributed by atoms with van der Waals surface area (Å²) in [5, 5.41) is 10.4. The summed E-state index contributed by atoms with van der Waals surface area (Å²) in [6, 6.07) is 12.6. The Morgan fingerprint density at radius 3 is 2.03 bits per heavy atom. The van der Waals surface area contributed by atoms with E-state index in [2.05, 4.69) is 69.2 Å². The van der Waals surface area contributed by atoms with Crippen molar-refractivity contribution in [3.05, 3.63) is 81.1 Å². The average molecular weight is 425 g/mol. The zero-order valence-corrected chi connectivity index (χ0v) is 18.4. The molecule has 0 atom stereocenters. The molecule has 0 bridgehead atoms. The standard InChI is InChI=1S/C23H22Cl2N4/c1-14-5-7-18(9-16(14)3)22-21(25)23(19-8-6-15(2)17(4)10-19)29(27-22)13-28-12-20(24)11-26-28/h5-12H,13H2,1-4H3. The summed E-state index contributed by atoms with van der Waals surface area (Å²) in [6.45, 7) is 8.82. The number of nitrogens with zero attached hydrogens (tertiary/aromatic N) is 4. The van der Waals surface area contributed by atoms with Crippen LogP contribution in [0, 0.1) is 27.7 Å². The van der Waals surface area contributed by atoms with Crippen molar-refractivity contribution in [3.63, 3.8) is 0 Å². The van der Waals surface area contributed by atoms with E-state index in [-0.39, 0.29) is 0 Å². The minimum absolute atomic E-state index is 0.416. The molecule has 0 saturated heterocycles. The molecule has 29 heavy (non-hydrogen) atoms. The van der Waals surface area contributed by atoms with Crippen molar-refractivity contribution < 1.29 is 0 Å². The Hall–Kier alpha value is -2.56. The van der Waals surface area contributed by atoms with Crippen molar-refractivity contribution in [3.8, 4) is 22.5 Å². The third-order valence-electron chi connectivity index (χ3n) is 5.34. The summed E-state index contributed by atoms with van der Waals surface area (Å²) in [5.74, 6) is 0. The van der Waals surface area contributed by atoms with Crippen LogP contribution in [-0.2, 0) is 6.67 Å². The van der Waals surface area contributed by atoms with E-state index in [1.54, 1.807) is 17.1 Å². The second-order valence-electron chi connectivity index (χ2n) is 7.45. The Kier molecular flexibility index (Phi) is 5.24. The van der Waals surface area contributed by atoms with Crippen LogP contribution in [0.5, 0.6) is 0 Å². The molecule has 0 amide bonds. The maximum Gasteiger partial charge on any atom is 0.133 e. The van der Waals surface area contributed by atoms with Gasteiger partial charge in [0.1, 0.15) is 12.4 Å². The summed E-state index contributed by atoms with van der Waals surface area (Å²) < 4.78 is 3.64. The van der Waals surface area contributed by atoms with Crippen LogP contribution in [0.3, 0.4) is 0 Å². The Morgan fingerprint density at radius 1 is 0.828 bits per heavy atom. The van der Waals surface area contributed by atoms with E-state index in [4.69, 9.17) is 28.3 Å². The van der Waals surface area contributed by atoms with E-state index < -0.39 is 0 Å². The molecule has 0 radical (unpaired) electrons. The van der Waals surface area contributed by atoms with Crippen LogP contribution in [0.15, 0.2) is 48.8 Å². The van der Waals surface area contributed by atoms with Gasteiger partial charge in [0.2, 0.25) is 0 Å². The first-order valence-corrected chi connectivity index (χ1v) is 10.2. The largest absolute Gasteiger partial charge is 0.250 e. The first kappa shape index (κ1) is 19.7. The highest BCUT2D eigenvalue weighted by Gasteiger charge is 2.20. The van der Waals surface area contributed by atoms with Gasteiger partial charge in [0.05, 0.1) is 21.9 Å². The summed E-state index contributed by atoms with van der Waals surface area (Å²) in [4.78, 5) is 0.